The first-order chi connectivity index (χ1) is 17.7. The molecule has 0 saturated heterocycles. The van der Waals surface area contributed by atoms with Crippen molar-refractivity contribution >= 4 is 32.7 Å². The van der Waals surface area contributed by atoms with Crippen LogP contribution in [0.3, 0.4) is 0 Å². The first-order valence-electron chi connectivity index (χ1n) is 13.4. The summed E-state index contributed by atoms with van der Waals surface area (Å²) in [5, 5.41) is 4.07. The summed E-state index contributed by atoms with van der Waals surface area (Å²) in [5.74, 6) is 1.19. The number of aromatic amines is 3. The molecule has 3 aromatic carbocycles. The summed E-state index contributed by atoms with van der Waals surface area (Å²) in [6, 6.07) is 26.4. The molecule has 0 spiro atoms. The Balaban J connectivity index is 1.38. The fraction of sp³-hybridized carbons (Fsp3) is 0.273. The van der Waals surface area contributed by atoms with E-state index in [9.17, 15) is 0 Å². The van der Waals surface area contributed by atoms with Gasteiger partial charge in [-0.1, -0.05) is 74.4 Å². The van der Waals surface area contributed by atoms with Gasteiger partial charge in [-0.05, 0) is 66.0 Å². The van der Waals surface area contributed by atoms with E-state index < -0.39 is 0 Å². The predicted octanol–water partition coefficient (Wildman–Crippen LogP) is 8.80. The number of nitrogens with one attached hydrogen (secondary N) is 3. The first-order valence-corrected chi connectivity index (χ1v) is 13.4. The number of H-pyrrole nitrogens is 3. The molecule has 6 aromatic rings. The molecule has 0 aliphatic heterocycles. The minimum absolute atomic E-state index is 0.119. The molecule has 1 saturated carbocycles. The maximum atomic E-state index is 3.59. The highest BCUT2D eigenvalue weighted by Gasteiger charge is 2.39. The minimum atomic E-state index is -0.119. The number of rotatable bonds is 5. The van der Waals surface area contributed by atoms with Gasteiger partial charge in [-0.3, -0.25) is 0 Å². The van der Waals surface area contributed by atoms with Crippen LogP contribution in [0.25, 0.3) is 32.7 Å². The van der Waals surface area contributed by atoms with Crippen LogP contribution in [-0.2, 0) is 5.41 Å². The van der Waals surface area contributed by atoms with Gasteiger partial charge in [0.1, 0.15) is 0 Å². The van der Waals surface area contributed by atoms with Crippen LogP contribution >= 0.6 is 0 Å². The zero-order chi connectivity index (χ0) is 24.1. The maximum Gasteiger partial charge on any atom is 0.0457 e. The van der Waals surface area contributed by atoms with E-state index in [0.29, 0.717) is 11.8 Å². The molecule has 0 amide bonds. The number of para-hydroxylation sites is 3. The molecule has 3 nitrogen and oxygen atoms in total. The van der Waals surface area contributed by atoms with Crippen LogP contribution in [-0.4, -0.2) is 15.0 Å². The van der Waals surface area contributed by atoms with Gasteiger partial charge in [0.25, 0.3) is 0 Å². The summed E-state index contributed by atoms with van der Waals surface area (Å²) in [6.45, 7) is 2.49. The topological polar surface area (TPSA) is 47.4 Å². The molecule has 1 aliphatic rings. The second-order valence-corrected chi connectivity index (χ2v) is 11.0. The first kappa shape index (κ1) is 21.6. The van der Waals surface area contributed by atoms with Gasteiger partial charge in [0.15, 0.2) is 0 Å². The summed E-state index contributed by atoms with van der Waals surface area (Å²) >= 11 is 0. The van der Waals surface area contributed by atoms with Crippen molar-refractivity contribution in [3.8, 4) is 0 Å². The molecular formula is C33H33N3. The second kappa shape index (κ2) is 8.44. The van der Waals surface area contributed by atoms with E-state index in [0.717, 1.165) is 6.42 Å². The van der Waals surface area contributed by atoms with Crippen LogP contribution in [0.4, 0.5) is 0 Å². The molecule has 36 heavy (non-hydrogen) atoms. The molecule has 2 atom stereocenters. The van der Waals surface area contributed by atoms with Crippen LogP contribution in [0.5, 0.6) is 0 Å². The number of benzene rings is 3. The standard InChI is InChI=1S/C33H33N3/c1-33(28-20-35-31-16-8-5-13-25(28)31,29-21-36-32-17-9-6-14-26(29)32)18-22-10-2-3-11-23(22)27-19-34-30-15-7-4-12-24(27)30/h4-9,12-17,19-23,34-36H,2-3,10-11,18H2,1H3. The zero-order valence-electron chi connectivity index (χ0n) is 20.9. The Morgan fingerprint density at radius 3 is 1.78 bits per heavy atom. The number of hydrogen-bond acceptors (Lipinski definition) is 0. The molecule has 3 N–H and O–H groups in total. The summed E-state index contributed by atoms with van der Waals surface area (Å²) < 4.78 is 0. The van der Waals surface area contributed by atoms with Crippen LogP contribution in [0.1, 0.15) is 61.6 Å². The summed E-state index contributed by atoms with van der Waals surface area (Å²) in [6.07, 6.45) is 13.2. The number of hydrogen-bond donors (Lipinski definition) is 3. The molecular weight excluding hydrogens is 438 g/mol. The van der Waals surface area contributed by atoms with Crippen LogP contribution in [0.15, 0.2) is 91.4 Å². The highest BCUT2D eigenvalue weighted by Crippen LogP contribution is 2.50. The predicted molar refractivity (Wildman–Crippen MR) is 151 cm³/mol. The summed E-state index contributed by atoms with van der Waals surface area (Å²) in [4.78, 5) is 10.7. The van der Waals surface area contributed by atoms with Crippen molar-refractivity contribution in [2.45, 2.75) is 50.4 Å². The van der Waals surface area contributed by atoms with Crippen LogP contribution in [0.2, 0.25) is 0 Å². The smallest absolute Gasteiger partial charge is 0.0457 e. The van der Waals surface area contributed by atoms with Crippen molar-refractivity contribution in [1.29, 1.82) is 0 Å². The highest BCUT2D eigenvalue weighted by atomic mass is 14.7. The van der Waals surface area contributed by atoms with Crippen LogP contribution in [0, 0.1) is 5.92 Å². The van der Waals surface area contributed by atoms with Crippen molar-refractivity contribution < 1.29 is 0 Å². The monoisotopic (exact) mass is 471 g/mol. The van der Waals surface area contributed by atoms with E-state index in [2.05, 4.69) is 113 Å². The number of fused-ring (bicyclic) bond motifs is 3. The Kier molecular flexibility index (Phi) is 5.06. The van der Waals surface area contributed by atoms with Crippen molar-refractivity contribution in [1.82, 2.24) is 15.0 Å². The van der Waals surface area contributed by atoms with E-state index in [1.807, 2.05) is 0 Å². The van der Waals surface area contributed by atoms with E-state index in [1.165, 1.54) is 75.1 Å². The largest absolute Gasteiger partial charge is 0.361 e. The van der Waals surface area contributed by atoms with Gasteiger partial charge < -0.3 is 15.0 Å². The van der Waals surface area contributed by atoms with Crippen molar-refractivity contribution in [3.63, 3.8) is 0 Å². The van der Waals surface area contributed by atoms with Crippen molar-refractivity contribution in [3.05, 3.63) is 108 Å². The average Bonchev–Trinajstić information content (AvgIpc) is 3.66. The minimum Gasteiger partial charge on any atom is -0.361 e. The lowest BCUT2D eigenvalue weighted by molar-refractivity contribution is 0.255. The lowest BCUT2D eigenvalue weighted by atomic mass is 9.64. The van der Waals surface area contributed by atoms with Gasteiger partial charge >= 0.3 is 0 Å². The molecule has 2 unspecified atom stereocenters. The Morgan fingerprint density at radius 2 is 1.14 bits per heavy atom. The Bertz CT molecular complexity index is 1590. The molecule has 0 radical (unpaired) electrons. The molecule has 180 valence electrons. The van der Waals surface area contributed by atoms with Crippen LogP contribution < -0.4 is 0 Å². The third kappa shape index (κ3) is 3.33. The van der Waals surface area contributed by atoms with E-state index >= 15 is 0 Å². The third-order valence-corrected chi connectivity index (χ3v) is 8.97. The van der Waals surface area contributed by atoms with Gasteiger partial charge in [0.05, 0.1) is 0 Å². The highest BCUT2D eigenvalue weighted by molar-refractivity contribution is 5.89. The van der Waals surface area contributed by atoms with Crippen molar-refractivity contribution in [2.24, 2.45) is 5.92 Å². The molecule has 3 heterocycles. The fourth-order valence-electron chi connectivity index (χ4n) is 7.21. The molecule has 1 aliphatic carbocycles. The van der Waals surface area contributed by atoms with Gasteiger partial charge in [-0.25, -0.2) is 0 Å². The molecule has 3 heteroatoms. The van der Waals surface area contributed by atoms with E-state index in [4.69, 9.17) is 0 Å². The fourth-order valence-corrected chi connectivity index (χ4v) is 7.21. The molecule has 0 bridgehead atoms. The molecule has 7 rings (SSSR count). The SMILES string of the molecule is CC(CC1CCCCC1c1c[nH]c2ccccc12)(c1c[nH]c2ccccc12)c1c[nH]c2ccccc12. The van der Waals surface area contributed by atoms with Gasteiger partial charge in [-0.15, -0.1) is 0 Å². The lowest BCUT2D eigenvalue weighted by Crippen LogP contribution is -2.30. The average molecular weight is 472 g/mol. The maximum absolute atomic E-state index is 3.59. The summed E-state index contributed by atoms with van der Waals surface area (Å²) in [5.41, 5.74) is 7.90. The van der Waals surface area contributed by atoms with E-state index in [1.54, 1.807) is 0 Å². The molecule has 1 fully saturated rings. The van der Waals surface area contributed by atoms with Gasteiger partial charge in [0, 0.05) is 56.7 Å². The quantitative estimate of drug-likeness (QED) is 0.225. The normalized spacial score (nSPS) is 18.9. The Hall–Kier alpha value is -3.72. The number of aromatic nitrogens is 3. The van der Waals surface area contributed by atoms with Gasteiger partial charge in [-0.2, -0.15) is 0 Å². The van der Waals surface area contributed by atoms with Crippen molar-refractivity contribution in [2.75, 3.05) is 0 Å². The second-order valence-electron chi connectivity index (χ2n) is 11.0. The third-order valence-electron chi connectivity index (χ3n) is 8.97. The summed E-state index contributed by atoms with van der Waals surface area (Å²) in [7, 11) is 0. The van der Waals surface area contributed by atoms with Gasteiger partial charge in [0.2, 0.25) is 0 Å². The lowest BCUT2D eigenvalue weighted by Gasteiger charge is -2.39. The molecule has 3 aromatic heterocycles. The Labute approximate surface area is 211 Å². The van der Waals surface area contributed by atoms with E-state index in [-0.39, 0.29) is 5.41 Å². The zero-order valence-corrected chi connectivity index (χ0v) is 20.9. The Morgan fingerprint density at radius 1 is 0.639 bits per heavy atom.